The van der Waals surface area contributed by atoms with Crippen molar-refractivity contribution >= 4 is 0 Å². The van der Waals surface area contributed by atoms with Gasteiger partial charge in [-0.25, -0.2) is 0 Å². The number of nitrogens with zero attached hydrogens (tertiary/aromatic N) is 1. The molecule has 2 rings (SSSR count). The van der Waals surface area contributed by atoms with E-state index in [1.165, 1.54) is 50.8 Å². The van der Waals surface area contributed by atoms with Crippen molar-refractivity contribution in [3.05, 3.63) is 35.4 Å². The first kappa shape index (κ1) is 18.5. The van der Waals surface area contributed by atoms with Crippen LogP contribution in [0.15, 0.2) is 24.3 Å². The van der Waals surface area contributed by atoms with Gasteiger partial charge in [-0.1, -0.05) is 57.9 Å². The van der Waals surface area contributed by atoms with Gasteiger partial charge in [0.25, 0.3) is 0 Å². The van der Waals surface area contributed by atoms with Crippen LogP contribution in [0, 0.1) is 0 Å². The van der Waals surface area contributed by atoms with Crippen LogP contribution in [0.3, 0.4) is 0 Å². The largest absolute Gasteiger partial charge is 0.388 e. The normalized spacial score (nSPS) is 21.5. The number of hydrogen-bond acceptors (Lipinski definition) is 2. The summed E-state index contributed by atoms with van der Waals surface area (Å²) in [7, 11) is 0. The fourth-order valence-corrected chi connectivity index (χ4v) is 3.72. The summed E-state index contributed by atoms with van der Waals surface area (Å²) >= 11 is 0. The highest BCUT2D eigenvalue weighted by Gasteiger charge is 2.26. The van der Waals surface area contributed by atoms with Gasteiger partial charge in [-0.05, 0) is 62.2 Å². The van der Waals surface area contributed by atoms with Crippen molar-refractivity contribution in [3.63, 3.8) is 0 Å². The lowest BCUT2D eigenvalue weighted by atomic mass is 9.93. The molecular formula is C21H35NO. The van der Waals surface area contributed by atoms with E-state index < -0.39 is 0 Å². The molecule has 0 spiro atoms. The number of aliphatic hydroxyl groups is 1. The van der Waals surface area contributed by atoms with Gasteiger partial charge in [0.2, 0.25) is 0 Å². The summed E-state index contributed by atoms with van der Waals surface area (Å²) < 4.78 is 0. The molecule has 23 heavy (non-hydrogen) atoms. The molecule has 1 aromatic rings. The molecule has 1 N–H and O–H groups in total. The van der Waals surface area contributed by atoms with E-state index in [9.17, 15) is 5.11 Å². The minimum atomic E-state index is -0.323. The Morgan fingerprint density at radius 3 is 2.74 bits per heavy atom. The Labute approximate surface area is 142 Å². The zero-order valence-electron chi connectivity index (χ0n) is 15.3. The van der Waals surface area contributed by atoms with Gasteiger partial charge in [0, 0.05) is 6.04 Å². The molecule has 1 aliphatic heterocycles. The van der Waals surface area contributed by atoms with E-state index >= 15 is 0 Å². The van der Waals surface area contributed by atoms with Crippen molar-refractivity contribution in [2.75, 3.05) is 13.1 Å². The number of benzene rings is 1. The third-order valence-electron chi connectivity index (χ3n) is 5.52. The first-order valence-electron chi connectivity index (χ1n) is 9.67. The van der Waals surface area contributed by atoms with Crippen LogP contribution in [0.1, 0.15) is 88.9 Å². The standard InChI is InChI=1S/C21H35NO/c1-4-6-7-13-22-14-9-12-20(22)16-21(23)19-11-8-10-18(15-19)17(3)5-2/h8,10-11,15,17,20-21,23H,4-7,9,12-14,16H2,1-3H3. The van der Waals surface area contributed by atoms with Crippen LogP contribution in [0.4, 0.5) is 0 Å². The van der Waals surface area contributed by atoms with Gasteiger partial charge in [-0.2, -0.15) is 0 Å². The van der Waals surface area contributed by atoms with E-state index in [-0.39, 0.29) is 6.10 Å². The van der Waals surface area contributed by atoms with Gasteiger partial charge >= 0.3 is 0 Å². The summed E-state index contributed by atoms with van der Waals surface area (Å²) in [5.41, 5.74) is 2.46. The maximum atomic E-state index is 10.7. The van der Waals surface area contributed by atoms with Gasteiger partial charge in [-0.15, -0.1) is 0 Å². The van der Waals surface area contributed by atoms with Crippen LogP contribution < -0.4 is 0 Å². The zero-order valence-corrected chi connectivity index (χ0v) is 15.3. The first-order valence-corrected chi connectivity index (χ1v) is 9.67. The number of hydrogen-bond donors (Lipinski definition) is 1. The number of unbranched alkanes of at least 4 members (excludes halogenated alkanes) is 2. The Morgan fingerprint density at radius 1 is 1.22 bits per heavy atom. The van der Waals surface area contributed by atoms with Crippen LogP contribution in [-0.4, -0.2) is 29.1 Å². The van der Waals surface area contributed by atoms with E-state index in [0.29, 0.717) is 12.0 Å². The second-order valence-corrected chi connectivity index (χ2v) is 7.27. The molecule has 0 radical (unpaired) electrons. The van der Waals surface area contributed by atoms with Crippen LogP contribution in [0.25, 0.3) is 0 Å². The van der Waals surface area contributed by atoms with Crippen molar-refractivity contribution in [1.82, 2.24) is 4.90 Å². The maximum absolute atomic E-state index is 10.7. The van der Waals surface area contributed by atoms with Gasteiger partial charge < -0.3 is 10.0 Å². The molecule has 1 aromatic carbocycles. The van der Waals surface area contributed by atoms with Crippen molar-refractivity contribution in [3.8, 4) is 0 Å². The van der Waals surface area contributed by atoms with Gasteiger partial charge in [0.05, 0.1) is 6.10 Å². The highest BCUT2D eigenvalue weighted by molar-refractivity contribution is 5.27. The van der Waals surface area contributed by atoms with E-state index in [2.05, 4.69) is 49.9 Å². The van der Waals surface area contributed by atoms with E-state index in [1.807, 2.05) is 0 Å². The molecule has 0 bridgehead atoms. The van der Waals surface area contributed by atoms with Crippen molar-refractivity contribution < 1.29 is 5.11 Å². The fourth-order valence-electron chi connectivity index (χ4n) is 3.72. The number of likely N-dealkylation sites (tertiary alicyclic amines) is 1. The van der Waals surface area contributed by atoms with Crippen LogP contribution in [0.5, 0.6) is 0 Å². The molecule has 0 saturated carbocycles. The summed E-state index contributed by atoms with van der Waals surface area (Å²) in [4.78, 5) is 2.61. The molecule has 2 heteroatoms. The maximum Gasteiger partial charge on any atom is 0.0805 e. The van der Waals surface area contributed by atoms with E-state index in [1.54, 1.807) is 0 Å². The van der Waals surface area contributed by atoms with Gasteiger partial charge in [0.15, 0.2) is 0 Å². The summed E-state index contributed by atoms with van der Waals surface area (Å²) in [6.45, 7) is 9.17. The smallest absolute Gasteiger partial charge is 0.0805 e. The molecule has 0 amide bonds. The van der Waals surface area contributed by atoms with E-state index in [0.717, 1.165) is 18.4 Å². The van der Waals surface area contributed by atoms with Crippen molar-refractivity contribution in [1.29, 1.82) is 0 Å². The highest BCUT2D eigenvalue weighted by atomic mass is 16.3. The molecule has 1 heterocycles. The minimum absolute atomic E-state index is 0.323. The lowest BCUT2D eigenvalue weighted by Gasteiger charge is -2.26. The van der Waals surface area contributed by atoms with Gasteiger partial charge in [0.1, 0.15) is 0 Å². The predicted octanol–water partition coefficient (Wildman–Crippen LogP) is 5.28. The average Bonchev–Trinajstić information content (AvgIpc) is 3.01. The Hall–Kier alpha value is -0.860. The molecule has 1 saturated heterocycles. The van der Waals surface area contributed by atoms with Crippen molar-refractivity contribution in [2.45, 2.75) is 83.8 Å². The molecule has 3 atom stereocenters. The lowest BCUT2D eigenvalue weighted by molar-refractivity contribution is 0.120. The van der Waals surface area contributed by atoms with Crippen LogP contribution >= 0.6 is 0 Å². The Kier molecular flexibility index (Phi) is 7.58. The predicted molar refractivity (Wildman–Crippen MR) is 98.8 cm³/mol. The third-order valence-corrected chi connectivity index (χ3v) is 5.52. The topological polar surface area (TPSA) is 23.5 Å². The summed E-state index contributed by atoms with van der Waals surface area (Å²) in [5, 5.41) is 10.7. The molecule has 2 nitrogen and oxygen atoms in total. The molecule has 1 fully saturated rings. The Balaban J connectivity index is 1.94. The number of aliphatic hydroxyl groups excluding tert-OH is 1. The lowest BCUT2D eigenvalue weighted by Crippen LogP contribution is -2.31. The number of rotatable bonds is 9. The third kappa shape index (κ3) is 5.32. The quantitative estimate of drug-likeness (QED) is 0.626. The molecular weight excluding hydrogens is 282 g/mol. The van der Waals surface area contributed by atoms with Crippen LogP contribution in [0.2, 0.25) is 0 Å². The van der Waals surface area contributed by atoms with Crippen LogP contribution in [-0.2, 0) is 0 Å². The monoisotopic (exact) mass is 317 g/mol. The molecule has 0 aliphatic carbocycles. The van der Waals surface area contributed by atoms with E-state index in [4.69, 9.17) is 0 Å². The fraction of sp³-hybridized carbons (Fsp3) is 0.714. The summed E-state index contributed by atoms with van der Waals surface area (Å²) in [6.07, 6.45) is 8.14. The average molecular weight is 318 g/mol. The minimum Gasteiger partial charge on any atom is -0.388 e. The van der Waals surface area contributed by atoms with Crippen molar-refractivity contribution in [2.24, 2.45) is 0 Å². The summed E-state index contributed by atoms with van der Waals surface area (Å²) in [5.74, 6) is 0.569. The molecule has 3 unspecified atom stereocenters. The molecule has 1 aliphatic rings. The Morgan fingerprint density at radius 2 is 2.00 bits per heavy atom. The SMILES string of the molecule is CCCCCN1CCCC1CC(O)c1cccc(C(C)CC)c1. The second-order valence-electron chi connectivity index (χ2n) is 7.27. The van der Waals surface area contributed by atoms with Gasteiger partial charge in [-0.3, -0.25) is 0 Å². The zero-order chi connectivity index (χ0) is 16.7. The summed E-state index contributed by atoms with van der Waals surface area (Å²) in [6, 6.07) is 9.17. The molecule has 0 aromatic heterocycles. The Bertz CT molecular complexity index is 459. The molecule has 130 valence electrons. The first-order chi connectivity index (χ1) is 11.2. The highest BCUT2D eigenvalue weighted by Crippen LogP contribution is 2.29. The second kappa shape index (κ2) is 9.44.